The van der Waals surface area contributed by atoms with E-state index in [4.69, 9.17) is 9.47 Å². The van der Waals surface area contributed by atoms with Gasteiger partial charge in [-0.15, -0.1) is 0 Å². The van der Waals surface area contributed by atoms with Gasteiger partial charge in [0.2, 0.25) is 5.88 Å². The van der Waals surface area contributed by atoms with Gasteiger partial charge in [-0.25, -0.2) is 9.97 Å². The van der Waals surface area contributed by atoms with Crippen molar-refractivity contribution in [1.82, 2.24) is 14.5 Å². The maximum atomic E-state index is 13.1. The molecule has 130 valence electrons. The summed E-state index contributed by atoms with van der Waals surface area (Å²) in [6.07, 6.45) is -2.17. The highest BCUT2D eigenvalue weighted by Crippen LogP contribution is 2.33. The number of halogens is 3. The number of pyridine rings is 1. The Hall–Kier alpha value is -3.03. The van der Waals surface area contributed by atoms with Gasteiger partial charge in [0.1, 0.15) is 11.6 Å². The minimum absolute atomic E-state index is 0.132. The summed E-state index contributed by atoms with van der Waals surface area (Å²) in [5, 5.41) is 0. The smallest absolute Gasteiger partial charge is 0.434 e. The van der Waals surface area contributed by atoms with E-state index in [1.54, 1.807) is 36.4 Å². The van der Waals surface area contributed by atoms with Gasteiger partial charge in [-0.05, 0) is 30.3 Å². The maximum absolute atomic E-state index is 13.1. The first-order chi connectivity index (χ1) is 11.9. The van der Waals surface area contributed by atoms with Gasteiger partial charge in [0.15, 0.2) is 5.69 Å². The van der Waals surface area contributed by atoms with Crippen LogP contribution < -0.4 is 9.47 Å². The molecule has 0 spiro atoms. The lowest BCUT2D eigenvalue weighted by Gasteiger charge is -2.09. The van der Waals surface area contributed by atoms with Crippen molar-refractivity contribution >= 4 is 0 Å². The number of aromatic nitrogens is 3. The second-order valence-corrected chi connectivity index (χ2v) is 5.10. The van der Waals surface area contributed by atoms with Crippen LogP contribution in [0, 0.1) is 0 Å². The van der Waals surface area contributed by atoms with Crippen LogP contribution in [0.2, 0.25) is 0 Å². The van der Waals surface area contributed by atoms with Crippen molar-refractivity contribution in [3.8, 4) is 28.7 Å². The minimum Gasteiger partial charge on any atom is -0.497 e. The predicted octanol–water partition coefficient (Wildman–Crippen LogP) is 3.97. The molecule has 0 aliphatic carbocycles. The maximum Gasteiger partial charge on any atom is 0.434 e. The third-order valence-electron chi connectivity index (χ3n) is 3.55. The van der Waals surface area contributed by atoms with E-state index in [0.717, 1.165) is 6.20 Å². The Bertz CT molecular complexity index is 791. The number of benzene rings is 1. The van der Waals surface area contributed by atoms with Crippen LogP contribution >= 0.6 is 0 Å². The molecule has 0 unspecified atom stereocenters. The van der Waals surface area contributed by atoms with Gasteiger partial charge in [-0.3, -0.25) is 4.57 Å². The van der Waals surface area contributed by atoms with Crippen LogP contribution in [-0.2, 0) is 6.18 Å². The molecule has 0 radical (unpaired) electrons. The molecule has 0 aliphatic rings. The number of methoxy groups -OCH3 is 2. The van der Waals surface area contributed by atoms with E-state index >= 15 is 0 Å². The molecule has 5 nitrogen and oxygen atoms in total. The SMILES string of the molecule is COc1ccc(-n2cc(C(F)(F)F)nc2-c2ccc(OC)nc2)cc1. The second-order valence-electron chi connectivity index (χ2n) is 5.10. The summed E-state index contributed by atoms with van der Waals surface area (Å²) in [6, 6.07) is 9.81. The van der Waals surface area contributed by atoms with Crippen LogP contribution in [0.5, 0.6) is 11.6 Å². The largest absolute Gasteiger partial charge is 0.497 e. The predicted molar refractivity (Wildman–Crippen MR) is 84.9 cm³/mol. The van der Waals surface area contributed by atoms with Crippen LogP contribution in [-0.4, -0.2) is 28.8 Å². The molecule has 0 N–H and O–H groups in total. The van der Waals surface area contributed by atoms with Gasteiger partial charge in [-0.2, -0.15) is 13.2 Å². The fourth-order valence-corrected chi connectivity index (χ4v) is 2.29. The molecule has 2 heterocycles. The molecule has 3 rings (SSSR count). The summed E-state index contributed by atoms with van der Waals surface area (Å²) < 4.78 is 50.8. The van der Waals surface area contributed by atoms with Gasteiger partial charge in [-0.1, -0.05) is 0 Å². The summed E-state index contributed by atoms with van der Waals surface area (Å²) in [4.78, 5) is 7.78. The Balaban J connectivity index is 2.12. The Morgan fingerprint density at radius 1 is 0.960 bits per heavy atom. The van der Waals surface area contributed by atoms with Gasteiger partial charge in [0, 0.05) is 29.7 Å². The van der Waals surface area contributed by atoms with Crippen molar-refractivity contribution < 1.29 is 22.6 Å². The van der Waals surface area contributed by atoms with E-state index in [1.807, 2.05) is 0 Å². The van der Waals surface area contributed by atoms with Crippen molar-refractivity contribution in [3.63, 3.8) is 0 Å². The summed E-state index contributed by atoms with van der Waals surface area (Å²) in [5.74, 6) is 1.10. The molecule has 0 fully saturated rings. The number of alkyl halides is 3. The minimum atomic E-state index is -4.55. The Morgan fingerprint density at radius 2 is 1.68 bits per heavy atom. The molecule has 3 aromatic rings. The van der Waals surface area contributed by atoms with E-state index in [2.05, 4.69) is 9.97 Å². The standard InChI is InChI=1S/C17H14F3N3O2/c1-24-13-6-4-12(5-7-13)23-10-14(17(18,19)20)22-16(23)11-3-8-15(25-2)21-9-11/h3-10H,1-2H3. The van der Waals surface area contributed by atoms with Gasteiger partial charge in [0.25, 0.3) is 0 Å². The second kappa shape index (κ2) is 6.46. The molecule has 0 atom stereocenters. The lowest BCUT2D eigenvalue weighted by Crippen LogP contribution is -2.05. The van der Waals surface area contributed by atoms with E-state index in [1.165, 1.54) is 25.0 Å². The summed E-state index contributed by atoms with van der Waals surface area (Å²) in [7, 11) is 2.98. The normalized spacial score (nSPS) is 11.4. The molecule has 0 bridgehead atoms. The van der Waals surface area contributed by atoms with Crippen LogP contribution in [0.4, 0.5) is 13.2 Å². The molecule has 0 amide bonds. The highest BCUT2D eigenvalue weighted by atomic mass is 19.4. The fourth-order valence-electron chi connectivity index (χ4n) is 2.29. The lowest BCUT2D eigenvalue weighted by molar-refractivity contribution is -0.140. The van der Waals surface area contributed by atoms with Crippen LogP contribution in [0.25, 0.3) is 17.1 Å². The topological polar surface area (TPSA) is 49.2 Å². The number of hydrogen-bond acceptors (Lipinski definition) is 4. The first kappa shape index (κ1) is 16.8. The number of ether oxygens (including phenoxy) is 2. The number of imidazole rings is 1. The molecular formula is C17H14F3N3O2. The van der Waals surface area contributed by atoms with Gasteiger partial charge < -0.3 is 9.47 Å². The lowest BCUT2D eigenvalue weighted by atomic mass is 10.2. The molecule has 0 saturated carbocycles. The van der Waals surface area contributed by atoms with Crippen LogP contribution in [0.3, 0.4) is 0 Å². The molecule has 1 aromatic carbocycles. The van der Waals surface area contributed by atoms with Gasteiger partial charge >= 0.3 is 6.18 Å². The van der Waals surface area contributed by atoms with E-state index in [-0.39, 0.29) is 5.82 Å². The van der Waals surface area contributed by atoms with Crippen LogP contribution in [0.1, 0.15) is 5.69 Å². The van der Waals surface area contributed by atoms with E-state index < -0.39 is 11.9 Å². The Kier molecular flexibility index (Phi) is 4.35. The number of hydrogen-bond donors (Lipinski definition) is 0. The zero-order chi connectivity index (χ0) is 18.0. The average molecular weight is 349 g/mol. The summed E-state index contributed by atoms with van der Waals surface area (Å²) in [5.41, 5.74) is -0.0177. The number of rotatable bonds is 4. The van der Waals surface area contributed by atoms with Crippen molar-refractivity contribution in [2.45, 2.75) is 6.18 Å². The fraction of sp³-hybridized carbons (Fsp3) is 0.176. The van der Waals surface area contributed by atoms with E-state index in [0.29, 0.717) is 22.9 Å². The quantitative estimate of drug-likeness (QED) is 0.715. The van der Waals surface area contributed by atoms with Crippen LogP contribution in [0.15, 0.2) is 48.8 Å². The Labute approximate surface area is 141 Å². The summed E-state index contributed by atoms with van der Waals surface area (Å²) >= 11 is 0. The number of nitrogens with zero attached hydrogens (tertiary/aromatic N) is 3. The van der Waals surface area contributed by atoms with Crippen molar-refractivity contribution in [2.24, 2.45) is 0 Å². The monoisotopic (exact) mass is 349 g/mol. The van der Waals surface area contributed by atoms with Crippen molar-refractivity contribution in [2.75, 3.05) is 14.2 Å². The highest BCUT2D eigenvalue weighted by molar-refractivity contribution is 5.59. The van der Waals surface area contributed by atoms with Gasteiger partial charge in [0.05, 0.1) is 14.2 Å². The third kappa shape index (κ3) is 3.42. The molecule has 8 heteroatoms. The molecule has 0 saturated heterocycles. The molecule has 0 aliphatic heterocycles. The van der Waals surface area contributed by atoms with Crippen molar-refractivity contribution in [3.05, 3.63) is 54.5 Å². The molecule has 25 heavy (non-hydrogen) atoms. The first-order valence-corrected chi connectivity index (χ1v) is 7.24. The highest BCUT2D eigenvalue weighted by Gasteiger charge is 2.35. The third-order valence-corrected chi connectivity index (χ3v) is 3.55. The summed E-state index contributed by atoms with van der Waals surface area (Å²) in [6.45, 7) is 0. The molecule has 2 aromatic heterocycles. The zero-order valence-corrected chi connectivity index (χ0v) is 13.4. The first-order valence-electron chi connectivity index (χ1n) is 7.24. The zero-order valence-electron chi connectivity index (χ0n) is 13.4. The van der Waals surface area contributed by atoms with Crippen molar-refractivity contribution in [1.29, 1.82) is 0 Å². The molecular weight excluding hydrogens is 335 g/mol. The average Bonchev–Trinajstić information content (AvgIpc) is 3.07. The van der Waals surface area contributed by atoms with E-state index in [9.17, 15) is 13.2 Å². The Morgan fingerprint density at radius 3 is 2.20 bits per heavy atom.